The smallest absolute Gasteiger partial charge is 0.0640 e. The van der Waals surface area contributed by atoms with Gasteiger partial charge in [-0.15, -0.1) is 0 Å². The summed E-state index contributed by atoms with van der Waals surface area (Å²) >= 11 is 0. The van der Waals surface area contributed by atoms with Crippen LogP contribution in [0.2, 0.25) is 0 Å². The summed E-state index contributed by atoms with van der Waals surface area (Å²) in [6.45, 7) is 13.7. The Morgan fingerprint density at radius 1 is 1.00 bits per heavy atom. The van der Waals surface area contributed by atoms with Gasteiger partial charge in [0, 0.05) is 38.8 Å². The molecule has 1 rings (SSSR count). The van der Waals surface area contributed by atoms with Crippen molar-refractivity contribution in [2.24, 2.45) is 0 Å². The van der Waals surface area contributed by atoms with E-state index in [9.17, 15) is 0 Å². The number of nitrogens with zero attached hydrogens (tertiary/aromatic N) is 2. The fraction of sp³-hybridized carbons (Fsp3) is 1.00. The van der Waals surface area contributed by atoms with E-state index in [-0.39, 0.29) is 11.1 Å². The standard InChI is InChI=1S/C13H28N2O/c1-12(2,11-13(3,4)16-6)15-9-7-14(5)8-10-15/h7-11H2,1-6H3. The summed E-state index contributed by atoms with van der Waals surface area (Å²) in [6.07, 6.45) is 1.07. The zero-order valence-corrected chi connectivity index (χ0v) is 11.8. The summed E-state index contributed by atoms with van der Waals surface area (Å²) in [5.74, 6) is 0. The Morgan fingerprint density at radius 3 is 1.94 bits per heavy atom. The highest BCUT2D eigenvalue weighted by Crippen LogP contribution is 2.28. The van der Waals surface area contributed by atoms with Gasteiger partial charge in [0.1, 0.15) is 0 Å². The lowest BCUT2D eigenvalue weighted by Gasteiger charge is -2.46. The van der Waals surface area contributed by atoms with Gasteiger partial charge in [-0.25, -0.2) is 0 Å². The maximum atomic E-state index is 5.55. The van der Waals surface area contributed by atoms with E-state index in [1.54, 1.807) is 7.11 Å². The van der Waals surface area contributed by atoms with E-state index in [2.05, 4.69) is 44.5 Å². The van der Waals surface area contributed by atoms with Gasteiger partial charge in [0.25, 0.3) is 0 Å². The minimum Gasteiger partial charge on any atom is -0.379 e. The molecule has 0 bridgehead atoms. The molecule has 0 aromatic rings. The van der Waals surface area contributed by atoms with E-state index in [4.69, 9.17) is 4.74 Å². The minimum atomic E-state index is -0.0349. The largest absolute Gasteiger partial charge is 0.379 e. The van der Waals surface area contributed by atoms with Gasteiger partial charge in [-0.2, -0.15) is 0 Å². The van der Waals surface area contributed by atoms with Gasteiger partial charge in [0.2, 0.25) is 0 Å². The molecular weight excluding hydrogens is 200 g/mol. The number of ether oxygens (including phenoxy) is 1. The average molecular weight is 228 g/mol. The molecule has 0 atom stereocenters. The van der Waals surface area contributed by atoms with Crippen molar-refractivity contribution in [3.8, 4) is 0 Å². The Hall–Kier alpha value is -0.120. The highest BCUT2D eigenvalue weighted by Gasteiger charge is 2.34. The predicted molar refractivity (Wildman–Crippen MR) is 68.9 cm³/mol. The van der Waals surface area contributed by atoms with Crippen molar-refractivity contribution in [3.05, 3.63) is 0 Å². The maximum Gasteiger partial charge on any atom is 0.0640 e. The van der Waals surface area contributed by atoms with Crippen molar-refractivity contribution >= 4 is 0 Å². The first-order chi connectivity index (χ1) is 7.27. The Bertz CT molecular complexity index is 218. The average Bonchev–Trinajstić information content (AvgIpc) is 2.17. The van der Waals surface area contributed by atoms with E-state index >= 15 is 0 Å². The van der Waals surface area contributed by atoms with Crippen LogP contribution >= 0.6 is 0 Å². The Kier molecular flexibility index (Phi) is 4.38. The highest BCUT2D eigenvalue weighted by molar-refractivity contribution is 4.90. The van der Waals surface area contributed by atoms with Gasteiger partial charge in [0.15, 0.2) is 0 Å². The number of piperazine rings is 1. The SMILES string of the molecule is COC(C)(C)CC(C)(C)N1CCN(C)CC1. The second kappa shape index (κ2) is 5.03. The van der Waals surface area contributed by atoms with Crippen molar-refractivity contribution in [2.45, 2.75) is 45.3 Å². The van der Waals surface area contributed by atoms with Crippen molar-refractivity contribution in [1.82, 2.24) is 9.80 Å². The lowest BCUT2D eigenvalue weighted by Crippen LogP contribution is -2.55. The molecule has 0 unspecified atom stereocenters. The van der Waals surface area contributed by atoms with Crippen LogP contribution in [0, 0.1) is 0 Å². The summed E-state index contributed by atoms with van der Waals surface area (Å²) in [7, 11) is 4.00. The van der Waals surface area contributed by atoms with E-state index in [0.29, 0.717) is 0 Å². The molecule has 1 saturated heterocycles. The third-order valence-corrected chi connectivity index (χ3v) is 3.77. The van der Waals surface area contributed by atoms with Crippen LogP contribution in [0.4, 0.5) is 0 Å². The van der Waals surface area contributed by atoms with E-state index in [0.717, 1.165) is 6.42 Å². The molecule has 0 radical (unpaired) electrons. The van der Waals surface area contributed by atoms with Crippen LogP contribution in [0.3, 0.4) is 0 Å². The van der Waals surface area contributed by atoms with Crippen LogP contribution in [0.15, 0.2) is 0 Å². The molecule has 16 heavy (non-hydrogen) atoms. The summed E-state index contributed by atoms with van der Waals surface area (Å²) in [5, 5.41) is 0. The number of hydrogen-bond donors (Lipinski definition) is 0. The number of methoxy groups -OCH3 is 1. The Morgan fingerprint density at radius 2 is 1.50 bits per heavy atom. The highest BCUT2D eigenvalue weighted by atomic mass is 16.5. The first kappa shape index (κ1) is 13.9. The molecule has 0 aromatic heterocycles. The van der Waals surface area contributed by atoms with Crippen LogP contribution in [-0.4, -0.2) is 61.3 Å². The molecular formula is C13H28N2O. The van der Waals surface area contributed by atoms with Crippen LogP contribution in [0.5, 0.6) is 0 Å². The topological polar surface area (TPSA) is 15.7 Å². The normalized spacial score (nSPS) is 21.4. The van der Waals surface area contributed by atoms with Crippen LogP contribution in [-0.2, 0) is 4.74 Å². The van der Waals surface area contributed by atoms with E-state index < -0.39 is 0 Å². The summed E-state index contributed by atoms with van der Waals surface area (Å²) in [5.41, 5.74) is 0.188. The van der Waals surface area contributed by atoms with Gasteiger partial charge >= 0.3 is 0 Å². The summed E-state index contributed by atoms with van der Waals surface area (Å²) in [4.78, 5) is 4.99. The second-order valence-corrected chi connectivity index (χ2v) is 6.24. The zero-order chi connectivity index (χ0) is 12.4. The van der Waals surface area contributed by atoms with Crippen LogP contribution in [0.25, 0.3) is 0 Å². The molecule has 0 spiro atoms. The molecule has 96 valence electrons. The van der Waals surface area contributed by atoms with E-state index in [1.165, 1.54) is 26.2 Å². The molecule has 1 aliphatic rings. The fourth-order valence-electron chi connectivity index (χ4n) is 2.64. The first-order valence-electron chi connectivity index (χ1n) is 6.26. The van der Waals surface area contributed by atoms with Crippen molar-refractivity contribution < 1.29 is 4.74 Å². The van der Waals surface area contributed by atoms with Crippen molar-refractivity contribution in [3.63, 3.8) is 0 Å². The van der Waals surface area contributed by atoms with Gasteiger partial charge in [-0.1, -0.05) is 0 Å². The summed E-state index contributed by atoms with van der Waals surface area (Å²) in [6, 6.07) is 0. The third kappa shape index (κ3) is 3.72. The number of hydrogen-bond acceptors (Lipinski definition) is 3. The lowest BCUT2D eigenvalue weighted by molar-refractivity contribution is -0.0402. The van der Waals surface area contributed by atoms with Crippen LogP contribution in [0.1, 0.15) is 34.1 Å². The zero-order valence-electron chi connectivity index (χ0n) is 11.8. The summed E-state index contributed by atoms with van der Waals surface area (Å²) < 4.78 is 5.55. The molecule has 0 aliphatic carbocycles. The Balaban J connectivity index is 2.56. The molecule has 3 nitrogen and oxygen atoms in total. The Labute approximate surface area is 101 Å². The molecule has 0 N–H and O–H groups in total. The first-order valence-corrected chi connectivity index (χ1v) is 6.26. The van der Waals surface area contributed by atoms with Gasteiger partial charge < -0.3 is 9.64 Å². The van der Waals surface area contributed by atoms with E-state index in [1.807, 2.05) is 0 Å². The quantitative estimate of drug-likeness (QED) is 0.730. The van der Waals surface area contributed by atoms with Crippen LogP contribution < -0.4 is 0 Å². The number of rotatable bonds is 4. The molecule has 0 amide bonds. The maximum absolute atomic E-state index is 5.55. The van der Waals surface area contributed by atoms with Crippen molar-refractivity contribution in [1.29, 1.82) is 0 Å². The third-order valence-electron chi connectivity index (χ3n) is 3.77. The second-order valence-electron chi connectivity index (χ2n) is 6.24. The molecule has 3 heteroatoms. The molecule has 1 heterocycles. The van der Waals surface area contributed by atoms with Gasteiger partial charge in [0.05, 0.1) is 5.60 Å². The van der Waals surface area contributed by atoms with Gasteiger partial charge in [-0.05, 0) is 41.2 Å². The molecule has 0 aromatic carbocycles. The minimum absolute atomic E-state index is 0.0349. The predicted octanol–water partition coefficient (Wildman–Crippen LogP) is 1.83. The monoisotopic (exact) mass is 228 g/mol. The molecule has 1 aliphatic heterocycles. The fourth-order valence-corrected chi connectivity index (χ4v) is 2.64. The lowest BCUT2D eigenvalue weighted by atomic mass is 9.87. The molecule has 0 saturated carbocycles. The van der Waals surface area contributed by atoms with Crippen molar-refractivity contribution in [2.75, 3.05) is 40.3 Å². The number of likely N-dealkylation sites (N-methyl/N-ethyl adjacent to an activating group) is 1. The molecule has 1 fully saturated rings. The van der Waals surface area contributed by atoms with Gasteiger partial charge in [-0.3, -0.25) is 4.90 Å².